The molecule has 3 rings (SSSR count). The number of esters is 1. The molecule has 1 heterocycles. The lowest BCUT2D eigenvalue weighted by Crippen LogP contribution is -2.18. The maximum Gasteiger partial charge on any atom is 0.349 e. The Morgan fingerprint density at radius 3 is 2.45 bits per heavy atom. The van der Waals surface area contributed by atoms with E-state index in [1.54, 1.807) is 42.7 Å². The number of para-hydroxylation sites is 1. The van der Waals surface area contributed by atoms with Crippen LogP contribution in [0.1, 0.15) is 18.1 Å². The van der Waals surface area contributed by atoms with Crippen LogP contribution in [0.15, 0.2) is 67.0 Å². The van der Waals surface area contributed by atoms with E-state index in [1.807, 2.05) is 43.3 Å². The summed E-state index contributed by atoms with van der Waals surface area (Å²) in [7, 11) is 0. The van der Waals surface area contributed by atoms with Crippen molar-refractivity contribution in [3.8, 4) is 17.2 Å². The second-order valence-electron chi connectivity index (χ2n) is 5.95. The third kappa shape index (κ3) is 6.09. The van der Waals surface area contributed by atoms with Crippen molar-refractivity contribution < 1.29 is 19.0 Å². The summed E-state index contributed by atoms with van der Waals surface area (Å²) in [6.07, 6.45) is 7.39. The Balaban J connectivity index is 1.67. The molecular weight excluding hydrogens is 390 g/mol. The average molecular weight is 410 g/mol. The molecule has 0 N–H and O–H groups in total. The van der Waals surface area contributed by atoms with Crippen molar-refractivity contribution in [2.24, 2.45) is 0 Å². The fourth-order valence-corrected chi connectivity index (χ4v) is 2.69. The normalized spacial score (nSPS) is 10.7. The van der Waals surface area contributed by atoms with Gasteiger partial charge >= 0.3 is 5.97 Å². The van der Waals surface area contributed by atoms with E-state index in [0.29, 0.717) is 28.9 Å². The number of hydrogen-bond donors (Lipinski definition) is 0. The van der Waals surface area contributed by atoms with Crippen LogP contribution in [0.4, 0.5) is 0 Å². The molecule has 0 radical (unpaired) electrons. The van der Waals surface area contributed by atoms with E-state index in [-0.39, 0.29) is 6.61 Å². The summed E-state index contributed by atoms with van der Waals surface area (Å²) >= 11 is 6.02. The highest BCUT2D eigenvalue weighted by Crippen LogP contribution is 2.30. The number of carbonyl (C=O) groups is 1. The summed E-state index contributed by atoms with van der Waals surface area (Å²) in [5, 5.41) is 0.431. The minimum absolute atomic E-state index is 0.265. The first-order valence-corrected chi connectivity index (χ1v) is 9.46. The summed E-state index contributed by atoms with van der Waals surface area (Å²) in [6.45, 7) is 2.04. The van der Waals surface area contributed by atoms with Crippen LogP contribution < -0.4 is 14.2 Å². The molecule has 5 nitrogen and oxygen atoms in total. The fraction of sp³-hybridized carbons (Fsp3) is 0.130. The van der Waals surface area contributed by atoms with Gasteiger partial charge in [0, 0.05) is 12.4 Å². The first kappa shape index (κ1) is 20.4. The van der Waals surface area contributed by atoms with Gasteiger partial charge in [0.05, 0.1) is 11.6 Å². The van der Waals surface area contributed by atoms with Crippen LogP contribution in [0.2, 0.25) is 5.02 Å². The standard InChI is InChI=1S/C23H20ClNO4/c1-2-27-22-15-18(8-7-17-11-13-25-14-12-17)9-10-21(22)29-23(26)16-28-20-6-4-3-5-19(20)24/h3-15H,2,16H2,1H3/b8-7+. The number of halogens is 1. The van der Waals surface area contributed by atoms with Gasteiger partial charge in [-0.15, -0.1) is 0 Å². The van der Waals surface area contributed by atoms with Gasteiger partial charge in [0.2, 0.25) is 0 Å². The number of nitrogens with zero attached hydrogens (tertiary/aromatic N) is 1. The number of ether oxygens (including phenoxy) is 3. The third-order valence-electron chi connectivity index (χ3n) is 3.85. The number of rotatable bonds is 8. The first-order chi connectivity index (χ1) is 14.2. The lowest BCUT2D eigenvalue weighted by molar-refractivity contribution is -0.136. The van der Waals surface area contributed by atoms with Crippen molar-refractivity contribution in [2.45, 2.75) is 6.92 Å². The summed E-state index contributed by atoms with van der Waals surface area (Å²) in [4.78, 5) is 16.2. The predicted molar refractivity (Wildman–Crippen MR) is 113 cm³/mol. The van der Waals surface area contributed by atoms with Crippen LogP contribution >= 0.6 is 11.6 Å². The summed E-state index contributed by atoms with van der Waals surface area (Å²) in [5.74, 6) is 0.690. The van der Waals surface area contributed by atoms with E-state index in [0.717, 1.165) is 11.1 Å². The average Bonchev–Trinajstić information content (AvgIpc) is 2.74. The van der Waals surface area contributed by atoms with E-state index < -0.39 is 5.97 Å². The fourth-order valence-electron chi connectivity index (χ4n) is 2.50. The minimum atomic E-state index is -0.550. The second-order valence-corrected chi connectivity index (χ2v) is 6.35. The number of carbonyl (C=O) groups excluding carboxylic acids is 1. The number of benzene rings is 2. The molecule has 0 saturated carbocycles. The molecule has 148 valence electrons. The molecule has 3 aromatic rings. The zero-order valence-corrected chi connectivity index (χ0v) is 16.6. The van der Waals surface area contributed by atoms with E-state index in [1.165, 1.54) is 0 Å². The molecule has 1 aromatic heterocycles. The van der Waals surface area contributed by atoms with Gasteiger partial charge in [-0.2, -0.15) is 0 Å². The van der Waals surface area contributed by atoms with Gasteiger partial charge < -0.3 is 14.2 Å². The largest absolute Gasteiger partial charge is 0.490 e. The van der Waals surface area contributed by atoms with Crippen molar-refractivity contribution >= 4 is 29.7 Å². The van der Waals surface area contributed by atoms with Crippen LogP contribution in [0.25, 0.3) is 12.2 Å². The Labute approximate surface area is 174 Å². The summed E-state index contributed by atoms with van der Waals surface area (Å²) in [6, 6.07) is 16.1. The topological polar surface area (TPSA) is 57.7 Å². The van der Waals surface area contributed by atoms with Crippen molar-refractivity contribution in [1.29, 1.82) is 0 Å². The molecule has 6 heteroatoms. The van der Waals surface area contributed by atoms with Gasteiger partial charge in [0.15, 0.2) is 18.1 Å². The first-order valence-electron chi connectivity index (χ1n) is 9.08. The van der Waals surface area contributed by atoms with Crippen molar-refractivity contribution in [1.82, 2.24) is 4.98 Å². The molecule has 0 bridgehead atoms. The van der Waals surface area contributed by atoms with Gasteiger partial charge in [-0.3, -0.25) is 4.98 Å². The molecule has 29 heavy (non-hydrogen) atoms. The van der Waals surface area contributed by atoms with Crippen LogP contribution in [-0.2, 0) is 4.79 Å². The zero-order chi connectivity index (χ0) is 20.5. The van der Waals surface area contributed by atoms with Crippen LogP contribution in [-0.4, -0.2) is 24.2 Å². The van der Waals surface area contributed by atoms with Gasteiger partial charge in [0.25, 0.3) is 0 Å². The van der Waals surface area contributed by atoms with Crippen LogP contribution in [0.5, 0.6) is 17.2 Å². The molecular formula is C23H20ClNO4. The molecule has 0 saturated heterocycles. The Bertz CT molecular complexity index is 989. The molecule has 2 aromatic carbocycles. The Hall–Kier alpha value is -3.31. The molecule has 0 unspecified atom stereocenters. The van der Waals surface area contributed by atoms with Crippen molar-refractivity contribution in [3.63, 3.8) is 0 Å². The van der Waals surface area contributed by atoms with Gasteiger partial charge in [-0.1, -0.05) is 42.0 Å². The Morgan fingerprint density at radius 2 is 1.69 bits per heavy atom. The number of pyridine rings is 1. The molecule has 0 atom stereocenters. The quantitative estimate of drug-likeness (QED) is 0.374. The van der Waals surface area contributed by atoms with E-state index in [2.05, 4.69) is 4.98 Å². The molecule has 0 fully saturated rings. The van der Waals surface area contributed by atoms with Crippen molar-refractivity contribution in [2.75, 3.05) is 13.2 Å². The molecule has 0 spiro atoms. The summed E-state index contributed by atoms with van der Waals surface area (Å²) in [5.41, 5.74) is 1.95. The molecule has 0 amide bonds. The molecule has 0 aliphatic carbocycles. The minimum Gasteiger partial charge on any atom is -0.490 e. The van der Waals surface area contributed by atoms with Gasteiger partial charge in [-0.05, 0) is 54.4 Å². The predicted octanol–water partition coefficient (Wildman–Crippen LogP) is 5.29. The highest BCUT2D eigenvalue weighted by molar-refractivity contribution is 6.32. The van der Waals surface area contributed by atoms with E-state index in [4.69, 9.17) is 25.8 Å². The third-order valence-corrected chi connectivity index (χ3v) is 4.16. The molecule has 0 aliphatic rings. The van der Waals surface area contributed by atoms with Gasteiger partial charge in [-0.25, -0.2) is 4.79 Å². The monoisotopic (exact) mass is 409 g/mol. The van der Waals surface area contributed by atoms with Crippen LogP contribution in [0, 0.1) is 0 Å². The maximum absolute atomic E-state index is 12.2. The number of aromatic nitrogens is 1. The lowest BCUT2D eigenvalue weighted by atomic mass is 10.1. The number of hydrogen-bond acceptors (Lipinski definition) is 5. The highest BCUT2D eigenvalue weighted by atomic mass is 35.5. The van der Waals surface area contributed by atoms with E-state index in [9.17, 15) is 4.79 Å². The lowest BCUT2D eigenvalue weighted by Gasteiger charge is -2.12. The van der Waals surface area contributed by atoms with Crippen molar-refractivity contribution in [3.05, 3.63) is 83.1 Å². The highest BCUT2D eigenvalue weighted by Gasteiger charge is 2.12. The smallest absolute Gasteiger partial charge is 0.349 e. The SMILES string of the molecule is CCOc1cc(/C=C/c2ccncc2)ccc1OC(=O)COc1ccccc1Cl. The Kier molecular flexibility index (Phi) is 7.25. The van der Waals surface area contributed by atoms with Crippen LogP contribution in [0.3, 0.4) is 0 Å². The summed E-state index contributed by atoms with van der Waals surface area (Å²) < 4.78 is 16.5. The molecule has 0 aliphatic heterocycles. The maximum atomic E-state index is 12.2. The second kappa shape index (κ2) is 10.3. The zero-order valence-electron chi connectivity index (χ0n) is 15.9. The Morgan fingerprint density at radius 1 is 0.931 bits per heavy atom. The van der Waals surface area contributed by atoms with E-state index >= 15 is 0 Å². The van der Waals surface area contributed by atoms with Gasteiger partial charge in [0.1, 0.15) is 5.75 Å².